The lowest BCUT2D eigenvalue weighted by atomic mass is 9.91. The van der Waals surface area contributed by atoms with Crippen molar-refractivity contribution in [3.05, 3.63) is 66.9 Å². The van der Waals surface area contributed by atoms with Gasteiger partial charge in [-0.15, -0.1) is 0 Å². The van der Waals surface area contributed by atoms with Gasteiger partial charge in [0.25, 0.3) is 0 Å². The first kappa shape index (κ1) is 21.5. The number of hydrogen-bond donors (Lipinski definition) is 2. The summed E-state index contributed by atoms with van der Waals surface area (Å²) in [4.78, 5) is 4.58. The highest BCUT2D eigenvalue weighted by atomic mass is 16.3. The highest BCUT2D eigenvalue weighted by Gasteiger charge is 2.14. The lowest BCUT2D eigenvalue weighted by Gasteiger charge is -2.20. The van der Waals surface area contributed by atoms with E-state index in [1.165, 1.54) is 0 Å². The number of aromatic hydroxyl groups is 1. The number of nitrogens with zero attached hydrogens (tertiary/aromatic N) is 1. The van der Waals surface area contributed by atoms with E-state index in [9.17, 15) is 5.11 Å². The van der Waals surface area contributed by atoms with E-state index in [4.69, 9.17) is 0 Å². The molecule has 0 saturated heterocycles. The van der Waals surface area contributed by atoms with Crippen molar-refractivity contribution >= 4 is 17.0 Å². The minimum absolute atomic E-state index is 0.0212. The zero-order valence-corrected chi connectivity index (χ0v) is 17.0. The van der Waals surface area contributed by atoms with E-state index in [-0.39, 0.29) is 17.2 Å². The first-order valence-electron chi connectivity index (χ1n) is 8.78. The van der Waals surface area contributed by atoms with Gasteiger partial charge in [-0.05, 0) is 55.5 Å². The highest BCUT2D eigenvalue weighted by Crippen LogP contribution is 2.24. The van der Waals surface area contributed by atoms with Gasteiger partial charge in [-0.3, -0.25) is 4.99 Å². The molecule has 0 unspecified atom stereocenters. The average molecular weight is 353 g/mol. The van der Waals surface area contributed by atoms with Crippen LogP contribution in [0.2, 0.25) is 0 Å². The van der Waals surface area contributed by atoms with Gasteiger partial charge in [0.05, 0.1) is 6.04 Å². The van der Waals surface area contributed by atoms with Crippen molar-refractivity contribution in [3.63, 3.8) is 0 Å². The molecule has 3 heteroatoms. The molecule has 0 bridgehead atoms. The molecule has 1 aromatic rings. The van der Waals surface area contributed by atoms with Crippen LogP contribution in [0.25, 0.3) is 11.3 Å². The molecule has 0 aliphatic rings. The molecule has 140 valence electrons. The van der Waals surface area contributed by atoms with Gasteiger partial charge in [0.15, 0.2) is 0 Å². The molecule has 1 rings (SSSR count). The van der Waals surface area contributed by atoms with E-state index in [0.29, 0.717) is 0 Å². The van der Waals surface area contributed by atoms with Gasteiger partial charge in [0, 0.05) is 23.2 Å². The Morgan fingerprint density at radius 2 is 1.73 bits per heavy atom. The van der Waals surface area contributed by atoms with E-state index >= 15 is 0 Å². The van der Waals surface area contributed by atoms with E-state index in [2.05, 4.69) is 50.8 Å². The fraction of sp³-hybridized carbons (Fsp3) is 0.348. The molecule has 0 fully saturated rings. The number of allylic oxidation sites excluding steroid dienone is 1. The minimum Gasteiger partial charge on any atom is -0.508 e. The first-order chi connectivity index (χ1) is 12.0. The monoisotopic (exact) mass is 352 g/mol. The second-order valence-corrected chi connectivity index (χ2v) is 7.69. The number of phenols is 1. The first-order valence-corrected chi connectivity index (χ1v) is 8.78. The van der Waals surface area contributed by atoms with Crippen LogP contribution in [0.3, 0.4) is 0 Å². The summed E-state index contributed by atoms with van der Waals surface area (Å²) < 4.78 is 0. The Bertz CT molecular complexity index is 761. The lowest BCUT2D eigenvalue weighted by Crippen LogP contribution is -2.25. The Labute approximate surface area is 158 Å². The SMILES string of the molecule is C=C/C(=C\N=C(/C)C(C)(C)C)[C@@H](C)NC(=C)c1cc(O)cc(C(=C)C)c1. The number of rotatable bonds is 7. The summed E-state index contributed by atoms with van der Waals surface area (Å²) in [6.07, 6.45) is 3.65. The van der Waals surface area contributed by atoms with E-state index in [0.717, 1.165) is 33.7 Å². The Balaban J connectivity index is 3.01. The van der Waals surface area contributed by atoms with Crippen molar-refractivity contribution in [1.82, 2.24) is 5.32 Å². The summed E-state index contributed by atoms with van der Waals surface area (Å²) in [7, 11) is 0. The summed E-state index contributed by atoms with van der Waals surface area (Å²) in [6.45, 7) is 24.3. The predicted molar refractivity (Wildman–Crippen MR) is 115 cm³/mol. The van der Waals surface area contributed by atoms with Crippen molar-refractivity contribution in [2.45, 2.75) is 47.6 Å². The van der Waals surface area contributed by atoms with Crippen LogP contribution in [0.1, 0.15) is 52.7 Å². The molecular weight excluding hydrogens is 320 g/mol. The molecular formula is C23H32N2O. The van der Waals surface area contributed by atoms with Gasteiger partial charge >= 0.3 is 0 Å². The lowest BCUT2D eigenvalue weighted by molar-refractivity contribution is 0.475. The molecule has 0 amide bonds. The van der Waals surface area contributed by atoms with Crippen LogP contribution in [0.5, 0.6) is 5.75 Å². The molecule has 26 heavy (non-hydrogen) atoms. The Morgan fingerprint density at radius 3 is 2.23 bits per heavy atom. The molecule has 0 aromatic heterocycles. The van der Waals surface area contributed by atoms with Crippen LogP contribution in [0.15, 0.2) is 60.8 Å². The summed E-state index contributed by atoms with van der Waals surface area (Å²) in [6, 6.07) is 5.32. The minimum atomic E-state index is -0.0212. The maximum atomic E-state index is 9.95. The zero-order chi connectivity index (χ0) is 20.1. The smallest absolute Gasteiger partial charge is 0.116 e. The molecule has 0 spiro atoms. The predicted octanol–water partition coefficient (Wildman–Crippen LogP) is 5.95. The van der Waals surface area contributed by atoms with Gasteiger partial charge in [0.1, 0.15) is 5.75 Å². The summed E-state index contributed by atoms with van der Waals surface area (Å²) in [5.74, 6) is 0.195. The van der Waals surface area contributed by atoms with Crippen LogP contribution < -0.4 is 5.32 Å². The molecule has 0 aliphatic heterocycles. The molecule has 3 nitrogen and oxygen atoms in total. The highest BCUT2D eigenvalue weighted by molar-refractivity contribution is 5.87. The molecule has 1 atom stereocenters. The third-order valence-electron chi connectivity index (χ3n) is 4.38. The van der Waals surface area contributed by atoms with Crippen LogP contribution >= 0.6 is 0 Å². The molecule has 1 aromatic carbocycles. The zero-order valence-electron chi connectivity index (χ0n) is 17.0. The van der Waals surface area contributed by atoms with Gasteiger partial charge < -0.3 is 10.4 Å². The standard InChI is InChI=1S/C23H32N2O/c1-10-19(14-24-18(6)23(7,8)9)16(4)25-17(5)21-11-20(15(2)3)12-22(26)13-21/h10-14,16,25-26H,1-2,5H2,3-4,6-9H3/b19-14+,24-18+/t16-/m1/s1. The number of hydrogen-bond acceptors (Lipinski definition) is 3. The van der Waals surface area contributed by atoms with Crippen molar-refractivity contribution in [2.75, 3.05) is 0 Å². The second kappa shape index (κ2) is 8.70. The largest absolute Gasteiger partial charge is 0.508 e. The Kier molecular flexibility index (Phi) is 7.19. The van der Waals surface area contributed by atoms with Gasteiger partial charge in [-0.25, -0.2) is 0 Å². The normalized spacial score (nSPS) is 13.9. The molecule has 0 aliphatic carbocycles. The quantitative estimate of drug-likeness (QED) is 0.470. The van der Waals surface area contributed by atoms with E-state index in [1.807, 2.05) is 33.0 Å². The van der Waals surface area contributed by atoms with E-state index < -0.39 is 0 Å². The van der Waals surface area contributed by atoms with Crippen molar-refractivity contribution in [3.8, 4) is 5.75 Å². The summed E-state index contributed by atoms with van der Waals surface area (Å²) in [5.41, 5.74) is 5.38. The van der Waals surface area contributed by atoms with Crippen molar-refractivity contribution < 1.29 is 5.11 Å². The number of phenolic OH excluding ortho intramolecular Hbond substituents is 1. The third kappa shape index (κ3) is 6.07. The fourth-order valence-electron chi connectivity index (χ4n) is 2.17. The second-order valence-electron chi connectivity index (χ2n) is 7.69. The van der Waals surface area contributed by atoms with Gasteiger partial charge in [0.2, 0.25) is 0 Å². The summed E-state index contributed by atoms with van der Waals surface area (Å²) >= 11 is 0. The number of benzene rings is 1. The topological polar surface area (TPSA) is 44.6 Å². The molecule has 0 radical (unpaired) electrons. The maximum Gasteiger partial charge on any atom is 0.116 e. The molecule has 2 N–H and O–H groups in total. The third-order valence-corrected chi connectivity index (χ3v) is 4.38. The van der Waals surface area contributed by atoms with Crippen LogP contribution in [0.4, 0.5) is 0 Å². The Morgan fingerprint density at radius 1 is 1.15 bits per heavy atom. The summed E-state index contributed by atoms with van der Waals surface area (Å²) in [5, 5.41) is 13.3. The molecule has 0 saturated carbocycles. The van der Waals surface area contributed by atoms with Crippen LogP contribution in [0, 0.1) is 5.41 Å². The number of aliphatic imine (C=N–C) groups is 1. The Hall–Kier alpha value is -2.55. The van der Waals surface area contributed by atoms with Crippen molar-refractivity contribution in [2.24, 2.45) is 10.4 Å². The number of nitrogens with one attached hydrogen (secondary N) is 1. The van der Waals surface area contributed by atoms with Gasteiger partial charge in [-0.2, -0.15) is 0 Å². The van der Waals surface area contributed by atoms with Crippen LogP contribution in [-0.4, -0.2) is 16.9 Å². The molecule has 0 heterocycles. The fourth-order valence-corrected chi connectivity index (χ4v) is 2.17. The van der Waals surface area contributed by atoms with E-state index in [1.54, 1.807) is 18.2 Å². The maximum absolute atomic E-state index is 9.95. The van der Waals surface area contributed by atoms with Crippen molar-refractivity contribution in [1.29, 1.82) is 0 Å². The van der Waals surface area contributed by atoms with Crippen LogP contribution in [-0.2, 0) is 0 Å². The van der Waals surface area contributed by atoms with Gasteiger partial charge in [-0.1, -0.05) is 52.2 Å². The average Bonchev–Trinajstić information content (AvgIpc) is 2.53.